The van der Waals surface area contributed by atoms with E-state index in [9.17, 15) is 10.2 Å². The summed E-state index contributed by atoms with van der Waals surface area (Å²) in [5.41, 5.74) is 2.28. The fraction of sp³-hybridized carbons (Fsp3) is 0.714. The Morgan fingerprint density at radius 2 is 2.00 bits per heavy atom. The minimum atomic E-state index is -0.129. The molecule has 2 saturated carbocycles. The average Bonchev–Trinajstić information content (AvgIpc) is 2.86. The molecule has 23 heavy (non-hydrogen) atoms. The molecular formula is C21H30O2. The Hall–Kier alpha value is -1.02. The van der Waals surface area contributed by atoms with Crippen molar-refractivity contribution in [2.45, 2.75) is 64.9 Å². The molecule has 4 aliphatic rings. The van der Waals surface area contributed by atoms with E-state index in [1.165, 1.54) is 6.42 Å². The van der Waals surface area contributed by atoms with Crippen molar-refractivity contribution < 1.29 is 10.2 Å². The van der Waals surface area contributed by atoms with Gasteiger partial charge in [-0.15, -0.1) is 0 Å². The van der Waals surface area contributed by atoms with Gasteiger partial charge in [-0.3, -0.25) is 0 Å². The molecular weight excluding hydrogens is 284 g/mol. The molecule has 0 heterocycles. The van der Waals surface area contributed by atoms with E-state index in [0.717, 1.165) is 49.7 Å². The third kappa shape index (κ3) is 1.85. The van der Waals surface area contributed by atoms with Gasteiger partial charge in [-0.1, -0.05) is 32.6 Å². The predicted octanol–water partition coefficient (Wildman–Crippen LogP) is 4.92. The van der Waals surface area contributed by atoms with Crippen LogP contribution in [0.25, 0.3) is 0 Å². The van der Waals surface area contributed by atoms with Crippen LogP contribution in [0.1, 0.15) is 58.8 Å². The molecule has 0 aromatic carbocycles. The minimum Gasteiger partial charge on any atom is -0.507 e. The van der Waals surface area contributed by atoms with Gasteiger partial charge in [0.1, 0.15) is 5.76 Å². The van der Waals surface area contributed by atoms with Gasteiger partial charge in [-0.2, -0.15) is 0 Å². The molecule has 0 spiro atoms. The Bertz CT molecular complexity index is 601. The maximum Gasteiger partial charge on any atom is 0.121 e. The van der Waals surface area contributed by atoms with Gasteiger partial charge >= 0.3 is 0 Å². The van der Waals surface area contributed by atoms with Gasteiger partial charge in [0, 0.05) is 11.0 Å². The molecule has 0 radical (unpaired) electrons. The Labute approximate surface area is 140 Å². The number of hydrogen-bond donors (Lipinski definition) is 2. The van der Waals surface area contributed by atoms with Gasteiger partial charge in [-0.05, 0) is 73.7 Å². The first-order valence-corrected chi connectivity index (χ1v) is 9.42. The predicted molar refractivity (Wildman–Crippen MR) is 92.9 cm³/mol. The van der Waals surface area contributed by atoms with Gasteiger partial charge in [0.25, 0.3) is 0 Å². The first kappa shape index (κ1) is 15.5. The second kappa shape index (κ2) is 4.99. The molecule has 2 fully saturated rings. The highest BCUT2D eigenvalue weighted by Crippen LogP contribution is 2.65. The van der Waals surface area contributed by atoms with E-state index in [0.29, 0.717) is 23.5 Å². The van der Waals surface area contributed by atoms with Crippen LogP contribution in [0.3, 0.4) is 0 Å². The summed E-state index contributed by atoms with van der Waals surface area (Å²) in [6.45, 7) is 8.65. The van der Waals surface area contributed by atoms with Crippen molar-refractivity contribution in [2.75, 3.05) is 0 Å². The molecule has 0 aromatic rings. The fourth-order valence-corrected chi connectivity index (χ4v) is 6.60. The zero-order valence-electron chi connectivity index (χ0n) is 14.5. The van der Waals surface area contributed by atoms with Gasteiger partial charge in [0.05, 0.1) is 6.10 Å². The highest BCUT2D eigenvalue weighted by molar-refractivity contribution is 5.45. The van der Waals surface area contributed by atoms with Crippen molar-refractivity contribution in [3.05, 3.63) is 35.6 Å². The van der Waals surface area contributed by atoms with Crippen molar-refractivity contribution in [2.24, 2.45) is 28.6 Å². The topological polar surface area (TPSA) is 40.5 Å². The summed E-state index contributed by atoms with van der Waals surface area (Å²) in [6.07, 6.45) is 12.0. The van der Waals surface area contributed by atoms with Gasteiger partial charge < -0.3 is 10.2 Å². The van der Waals surface area contributed by atoms with E-state index in [-0.39, 0.29) is 16.9 Å². The Balaban J connectivity index is 1.81. The zero-order valence-corrected chi connectivity index (χ0v) is 14.5. The van der Waals surface area contributed by atoms with Crippen molar-refractivity contribution in [3.8, 4) is 0 Å². The molecule has 6 atom stereocenters. The second-order valence-electron chi connectivity index (χ2n) is 8.66. The van der Waals surface area contributed by atoms with Crippen molar-refractivity contribution in [1.29, 1.82) is 0 Å². The van der Waals surface area contributed by atoms with E-state index < -0.39 is 0 Å². The van der Waals surface area contributed by atoms with Crippen LogP contribution in [0.5, 0.6) is 0 Å². The number of fused-ring (bicyclic) bond motifs is 5. The van der Waals surface area contributed by atoms with E-state index in [1.807, 2.05) is 0 Å². The molecule has 2 heteroatoms. The average molecular weight is 314 g/mol. The van der Waals surface area contributed by atoms with Gasteiger partial charge in [-0.25, -0.2) is 0 Å². The molecule has 2 N–H and O–H groups in total. The van der Waals surface area contributed by atoms with E-state index in [2.05, 4.69) is 32.6 Å². The van der Waals surface area contributed by atoms with Crippen LogP contribution in [0.15, 0.2) is 35.6 Å². The lowest BCUT2D eigenvalue weighted by Crippen LogP contribution is -2.50. The third-order valence-electron chi connectivity index (χ3n) is 8.11. The molecule has 0 saturated heterocycles. The fourth-order valence-electron chi connectivity index (χ4n) is 6.60. The first-order valence-electron chi connectivity index (χ1n) is 9.42. The Morgan fingerprint density at radius 3 is 2.74 bits per heavy atom. The smallest absolute Gasteiger partial charge is 0.121 e. The van der Waals surface area contributed by atoms with Crippen LogP contribution in [-0.2, 0) is 0 Å². The lowest BCUT2D eigenvalue weighted by Gasteiger charge is -2.56. The lowest BCUT2D eigenvalue weighted by molar-refractivity contribution is -0.0524. The molecule has 0 bridgehead atoms. The molecule has 0 aliphatic heterocycles. The van der Waals surface area contributed by atoms with Crippen LogP contribution >= 0.6 is 0 Å². The number of allylic oxidation sites excluding steroid dienone is 4. The van der Waals surface area contributed by atoms with Crippen molar-refractivity contribution in [3.63, 3.8) is 0 Å². The molecule has 126 valence electrons. The van der Waals surface area contributed by atoms with Crippen molar-refractivity contribution >= 4 is 0 Å². The summed E-state index contributed by atoms with van der Waals surface area (Å²) >= 11 is 0. The van der Waals surface area contributed by atoms with E-state index in [4.69, 9.17) is 0 Å². The molecule has 2 nitrogen and oxygen atoms in total. The molecule has 4 rings (SSSR count). The SMILES string of the molecule is C=C1CC[C@@]2(CC)C(=C1O)C=C[C@@H]1[C@@H]2CC[C@]2(C)[C@@H](O)CC[C@@H]12. The number of rotatable bonds is 1. The second-order valence-corrected chi connectivity index (χ2v) is 8.66. The summed E-state index contributed by atoms with van der Waals surface area (Å²) in [4.78, 5) is 0. The van der Waals surface area contributed by atoms with Crippen LogP contribution in [0, 0.1) is 28.6 Å². The highest BCUT2D eigenvalue weighted by Gasteiger charge is 2.58. The summed E-state index contributed by atoms with van der Waals surface area (Å²) in [7, 11) is 0. The maximum atomic E-state index is 10.6. The van der Waals surface area contributed by atoms with Crippen LogP contribution in [-0.4, -0.2) is 16.3 Å². The summed E-state index contributed by atoms with van der Waals surface area (Å²) in [6, 6.07) is 0. The number of hydrogen-bond acceptors (Lipinski definition) is 2. The standard InChI is InChI=1S/C21H30O2/c1-4-21-12-9-13(2)19(23)17(21)6-5-14-15-7-8-18(22)20(15,3)11-10-16(14)21/h5-6,14-16,18,22-23H,2,4,7-12H2,1,3H3/t14-,15-,16-,18-,20-,21+/m0/s1. The number of aliphatic hydroxyl groups is 2. The largest absolute Gasteiger partial charge is 0.507 e. The van der Waals surface area contributed by atoms with Gasteiger partial charge in [0.15, 0.2) is 0 Å². The summed E-state index contributed by atoms with van der Waals surface area (Å²) < 4.78 is 0. The summed E-state index contributed by atoms with van der Waals surface area (Å²) in [5.74, 6) is 2.25. The monoisotopic (exact) mass is 314 g/mol. The molecule has 0 aromatic heterocycles. The minimum absolute atomic E-state index is 0.0992. The molecule has 0 unspecified atom stereocenters. The van der Waals surface area contributed by atoms with Crippen LogP contribution in [0.4, 0.5) is 0 Å². The first-order chi connectivity index (χ1) is 10.9. The maximum absolute atomic E-state index is 10.6. The summed E-state index contributed by atoms with van der Waals surface area (Å²) in [5, 5.41) is 21.1. The third-order valence-corrected chi connectivity index (χ3v) is 8.11. The normalized spacial score (nSPS) is 48.9. The van der Waals surface area contributed by atoms with Crippen LogP contribution in [0.2, 0.25) is 0 Å². The quantitative estimate of drug-likeness (QED) is 0.721. The van der Waals surface area contributed by atoms with E-state index in [1.54, 1.807) is 0 Å². The van der Waals surface area contributed by atoms with Crippen molar-refractivity contribution in [1.82, 2.24) is 0 Å². The Kier molecular flexibility index (Phi) is 3.36. The van der Waals surface area contributed by atoms with Crippen LogP contribution < -0.4 is 0 Å². The molecule has 4 aliphatic carbocycles. The Morgan fingerprint density at radius 1 is 1.22 bits per heavy atom. The van der Waals surface area contributed by atoms with E-state index >= 15 is 0 Å². The molecule has 0 amide bonds. The number of aliphatic hydroxyl groups excluding tert-OH is 2. The highest BCUT2D eigenvalue weighted by atomic mass is 16.3. The lowest BCUT2D eigenvalue weighted by atomic mass is 9.48. The zero-order chi connectivity index (χ0) is 16.4. The van der Waals surface area contributed by atoms with Gasteiger partial charge in [0.2, 0.25) is 0 Å².